The van der Waals surface area contributed by atoms with Crippen LogP contribution in [0.3, 0.4) is 0 Å². The Hall–Kier alpha value is 0.0200. The minimum absolute atomic E-state index is 3.18. The van der Waals surface area contributed by atoms with Crippen LogP contribution in [0.1, 0.15) is 0 Å². The molecule has 1 atom stereocenters. The fourth-order valence-electron chi connectivity index (χ4n) is 0. The molecule has 0 saturated carbocycles. The van der Waals surface area contributed by atoms with Crippen molar-refractivity contribution in [3.63, 3.8) is 0 Å². The van der Waals surface area contributed by atoms with Gasteiger partial charge < -0.3 is 4.55 Å². The molecular weight excluding hydrogens is 142 g/mol. The first kappa shape index (κ1) is 7.02. The molecule has 0 aliphatic carbocycles. The Balaban J connectivity index is 4.43. The van der Waals surface area contributed by atoms with E-state index in [0.29, 0.717) is 0 Å². The summed E-state index contributed by atoms with van der Waals surface area (Å²) in [4.78, 5) is 0. The third-order valence-corrected chi connectivity index (χ3v) is 1.71. The van der Waals surface area contributed by atoms with Crippen molar-refractivity contribution in [2.24, 2.45) is 5.14 Å². The maximum atomic E-state index is 9.50. The third kappa shape index (κ3) is 2.68. The lowest BCUT2D eigenvalue weighted by atomic mass is 14.0. The number of rotatable bonds is 1. The van der Waals surface area contributed by atoms with Crippen LogP contribution in [0.2, 0.25) is 0 Å². The average Bonchev–Trinajstić information content (AvgIpc) is 1.31. The van der Waals surface area contributed by atoms with Crippen molar-refractivity contribution in [3.05, 3.63) is 0 Å². The minimum atomic E-state index is -4.32. The van der Waals surface area contributed by atoms with Crippen LogP contribution in [-0.2, 0) is 19.2 Å². The molecule has 0 aromatic heterocycles. The van der Waals surface area contributed by atoms with Crippen molar-refractivity contribution in [3.8, 4) is 0 Å². The van der Waals surface area contributed by atoms with Crippen molar-refractivity contribution >= 4 is 19.2 Å². The largest absolute Gasteiger partial charge is 0.759 e. The molecule has 1 unspecified atom stereocenters. The van der Waals surface area contributed by atoms with Gasteiger partial charge >= 0.3 is 0 Å². The van der Waals surface area contributed by atoms with E-state index in [0.717, 1.165) is 0 Å². The second kappa shape index (κ2) is 1.86. The molecule has 0 spiro atoms. The summed E-state index contributed by atoms with van der Waals surface area (Å²) in [6, 6.07) is 0. The highest BCUT2D eigenvalue weighted by atomic mass is 33.2. The van der Waals surface area contributed by atoms with Crippen LogP contribution in [0.4, 0.5) is 0 Å². The Kier molecular flexibility index (Phi) is 1.87. The van der Waals surface area contributed by atoms with Crippen LogP contribution in [0, 0.1) is 0 Å². The zero-order chi connectivity index (χ0) is 6.08. The summed E-state index contributed by atoms with van der Waals surface area (Å²) in [5.74, 6) is 0. The first-order chi connectivity index (χ1) is 2.94. The molecule has 44 valence electrons. The molecular formula is H2NO4S2-. The van der Waals surface area contributed by atoms with Crippen LogP contribution < -0.4 is 5.14 Å². The van der Waals surface area contributed by atoms with E-state index in [1.165, 1.54) is 0 Å². The lowest BCUT2D eigenvalue weighted by Crippen LogP contribution is -2.16. The Bertz CT molecular complexity index is 164. The van der Waals surface area contributed by atoms with E-state index in [1.807, 2.05) is 0 Å². The van der Waals surface area contributed by atoms with Gasteiger partial charge in [0.1, 0.15) is 0 Å². The minimum Gasteiger partial charge on any atom is -0.759 e. The fourth-order valence-corrected chi connectivity index (χ4v) is 0. The zero-order valence-corrected chi connectivity index (χ0v) is 4.66. The van der Waals surface area contributed by atoms with Crippen LogP contribution in [0.5, 0.6) is 0 Å². The van der Waals surface area contributed by atoms with Crippen molar-refractivity contribution in [1.29, 1.82) is 0 Å². The number of nitrogens with two attached hydrogens (primary N) is 1. The summed E-state index contributed by atoms with van der Waals surface area (Å²) in [6.45, 7) is 0. The van der Waals surface area contributed by atoms with E-state index >= 15 is 0 Å². The highest BCUT2D eigenvalue weighted by Gasteiger charge is 1.97. The fraction of sp³-hybridized carbons (Fsp3) is 0. The van der Waals surface area contributed by atoms with E-state index in [-0.39, 0.29) is 0 Å². The molecule has 0 aromatic rings. The van der Waals surface area contributed by atoms with E-state index in [4.69, 9.17) is 0 Å². The molecule has 7 heteroatoms. The summed E-state index contributed by atoms with van der Waals surface area (Å²) < 4.78 is 37.6. The van der Waals surface area contributed by atoms with Gasteiger partial charge in [0.2, 0.25) is 0 Å². The van der Waals surface area contributed by atoms with Crippen LogP contribution in [0.25, 0.3) is 0 Å². The molecule has 0 amide bonds. The van der Waals surface area contributed by atoms with Gasteiger partial charge in [0.15, 0.2) is 0 Å². The Morgan fingerprint density at radius 2 is 1.71 bits per heavy atom. The van der Waals surface area contributed by atoms with E-state index < -0.39 is 19.2 Å². The number of hydrogen-bond donors (Lipinski definition) is 1. The van der Waals surface area contributed by atoms with Crippen LogP contribution >= 0.6 is 0 Å². The summed E-state index contributed by atoms with van der Waals surface area (Å²) in [6.07, 6.45) is 0. The van der Waals surface area contributed by atoms with Crippen molar-refractivity contribution in [2.75, 3.05) is 0 Å². The zero-order valence-electron chi connectivity index (χ0n) is 3.03. The molecule has 0 aromatic carbocycles. The SMILES string of the molecule is NS(=O)(=O)S(=O)[O-]. The standard InChI is InChI=1S/H3NO4S2/c1-7(4,5)6(2)3/h(H,2,3)(H2,1,4,5)/p-1. The van der Waals surface area contributed by atoms with Gasteiger partial charge in [0.25, 0.3) is 9.06 Å². The maximum absolute atomic E-state index is 9.50. The molecule has 2 N–H and O–H groups in total. The molecule has 7 heavy (non-hydrogen) atoms. The molecule has 0 rings (SSSR count). The van der Waals surface area contributed by atoms with Gasteiger partial charge in [-0.3, -0.25) is 4.21 Å². The second-order valence-electron chi connectivity index (χ2n) is 0.697. The number of hydrogen-bond acceptors (Lipinski definition) is 4. The topological polar surface area (TPSA) is 100 Å². The van der Waals surface area contributed by atoms with Crippen molar-refractivity contribution in [2.45, 2.75) is 0 Å². The van der Waals surface area contributed by atoms with E-state index in [1.54, 1.807) is 0 Å². The molecule has 0 aliphatic rings. The molecule has 0 radical (unpaired) electrons. The van der Waals surface area contributed by atoms with Gasteiger partial charge in [-0.2, -0.15) is 8.42 Å². The molecule has 0 fully saturated rings. The summed E-state index contributed by atoms with van der Waals surface area (Å²) in [5.41, 5.74) is 0. The molecule has 0 aliphatic heterocycles. The highest BCUT2D eigenvalue weighted by molar-refractivity contribution is 8.61. The lowest BCUT2D eigenvalue weighted by Gasteiger charge is -1.96. The van der Waals surface area contributed by atoms with Gasteiger partial charge in [-0.25, -0.2) is 5.14 Å². The lowest BCUT2D eigenvalue weighted by molar-refractivity contribution is 0.540. The van der Waals surface area contributed by atoms with Gasteiger partial charge in [0.05, 0.1) is 10.1 Å². The second-order valence-corrected chi connectivity index (χ2v) is 4.30. The van der Waals surface area contributed by atoms with E-state index in [9.17, 15) is 17.2 Å². The molecule has 0 bridgehead atoms. The third-order valence-electron chi connectivity index (χ3n) is 0.190. The Morgan fingerprint density at radius 3 is 1.71 bits per heavy atom. The first-order valence-corrected chi connectivity index (χ1v) is 4.21. The molecule has 0 saturated heterocycles. The van der Waals surface area contributed by atoms with Gasteiger partial charge in [0, 0.05) is 0 Å². The Labute approximate surface area is 42.3 Å². The van der Waals surface area contributed by atoms with Gasteiger partial charge in [-0.15, -0.1) is 0 Å². The van der Waals surface area contributed by atoms with Crippen LogP contribution in [-0.4, -0.2) is 17.2 Å². The maximum Gasteiger partial charge on any atom is 0.277 e. The Morgan fingerprint density at radius 1 is 1.57 bits per heavy atom. The predicted molar refractivity (Wildman–Crippen MR) is 22.0 cm³/mol. The van der Waals surface area contributed by atoms with Crippen molar-refractivity contribution < 1.29 is 17.2 Å². The normalized spacial score (nSPS) is 16.3. The van der Waals surface area contributed by atoms with Crippen LogP contribution in [0.15, 0.2) is 0 Å². The first-order valence-electron chi connectivity index (χ1n) is 1.07. The van der Waals surface area contributed by atoms with E-state index in [2.05, 4.69) is 5.14 Å². The summed E-state index contributed by atoms with van der Waals surface area (Å²) in [5, 5.41) is 4.04. The van der Waals surface area contributed by atoms with Crippen molar-refractivity contribution in [1.82, 2.24) is 0 Å². The summed E-state index contributed by atoms with van der Waals surface area (Å²) in [7, 11) is -7.51. The predicted octanol–water partition coefficient (Wildman–Crippen LogP) is -1.93. The van der Waals surface area contributed by atoms with Gasteiger partial charge in [-0.05, 0) is 0 Å². The van der Waals surface area contributed by atoms with Gasteiger partial charge in [-0.1, -0.05) is 0 Å². The monoisotopic (exact) mass is 144 g/mol. The summed E-state index contributed by atoms with van der Waals surface area (Å²) >= 11 is 0. The molecule has 0 heterocycles. The smallest absolute Gasteiger partial charge is 0.277 e. The average molecular weight is 144 g/mol. The quantitative estimate of drug-likeness (QED) is 0.342. The molecule has 5 nitrogen and oxygen atoms in total. The highest BCUT2D eigenvalue weighted by Crippen LogP contribution is 1.77.